The van der Waals surface area contributed by atoms with Gasteiger partial charge in [-0.25, -0.2) is 0 Å². The Labute approximate surface area is 110 Å². The van der Waals surface area contributed by atoms with Gasteiger partial charge in [0.15, 0.2) is 0 Å². The average Bonchev–Trinajstić information content (AvgIpc) is 2.29. The molecule has 0 atom stereocenters. The van der Waals surface area contributed by atoms with Gasteiger partial charge in [0.25, 0.3) is 0 Å². The zero-order valence-corrected chi connectivity index (χ0v) is 11.5. The number of nitrogens with one attached hydrogen (secondary N) is 1. The lowest BCUT2D eigenvalue weighted by molar-refractivity contribution is -0.129. The summed E-state index contributed by atoms with van der Waals surface area (Å²) in [5, 5.41) is 3.51. The molecule has 92 valence electrons. The smallest absolute Gasteiger partial charge is 0.219 e. The van der Waals surface area contributed by atoms with Crippen molar-refractivity contribution in [3.05, 3.63) is 28.7 Å². The zero-order chi connectivity index (χ0) is 12.3. The molecule has 2 rings (SSSR count). The van der Waals surface area contributed by atoms with Gasteiger partial charge in [0.05, 0.1) is 0 Å². The second-order valence-corrected chi connectivity index (χ2v) is 5.35. The van der Waals surface area contributed by atoms with Crippen molar-refractivity contribution >= 4 is 27.5 Å². The van der Waals surface area contributed by atoms with Gasteiger partial charge in [-0.1, -0.05) is 22.0 Å². The fourth-order valence-electron chi connectivity index (χ4n) is 2.15. The highest BCUT2D eigenvalue weighted by Crippen LogP contribution is 2.20. The molecule has 4 heteroatoms. The van der Waals surface area contributed by atoms with E-state index in [0.29, 0.717) is 6.04 Å². The monoisotopic (exact) mass is 296 g/mol. The first kappa shape index (κ1) is 12.4. The Bertz CT molecular complexity index is 400. The van der Waals surface area contributed by atoms with Crippen molar-refractivity contribution in [1.82, 2.24) is 4.90 Å². The molecule has 1 aromatic rings. The molecule has 0 spiro atoms. The molecular weight excluding hydrogens is 280 g/mol. The summed E-state index contributed by atoms with van der Waals surface area (Å²) in [5.74, 6) is 0.186. The zero-order valence-electron chi connectivity index (χ0n) is 9.95. The number of amides is 1. The molecule has 17 heavy (non-hydrogen) atoms. The van der Waals surface area contributed by atoms with Crippen LogP contribution in [0.3, 0.4) is 0 Å². The second kappa shape index (κ2) is 5.54. The summed E-state index contributed by atoms with van der Waals surface area (Å²) in [7, 11) is 0. The van der Waals surface area contributed by atoms with Gasteiger partial charge in [0.1, 0.15) is 0 Å². The first-order valence-electron chi connectivity index (χ1n) is 5.93. The van der Waals surface area contributed by atoms with E-state index in [1.54, 1.807) is 6.92 Å². The van der Waals surface area contributed by atoms with E-state index in [1.165, 1.54) is 0 Å². The van der Waals surface area contributed by atoms with Crippen LogP contribution < -0.4 is 5.32 Å². The number of rotatable bonds is 2. The van der Waals surface area contributed by atoms with Crippen molar-refractivity contribution in [3.63, 3.8) is 0 Å². The molecule has 1 aliphatic heterocycles. The summed E-state index contributed by atoms with van der Waals surface area (Å²) >= 11 is 3.46. The summed E-state index contributed by atoms with van der Waals surface area (Å²) in [4.78, 5) is 13.1. The van der Waals surface area contributed by atoms with E-state index in [9.17, 15) is 4.79 Å². The van der Waals surface area contributed by atoms with Crippen molar-refractivity contribution < 1.29 is 4.79 Å². The van der Waals surface area contributed by atoms with E-state index in [-0.39, 0.29) is 5.91 Å². The van der Waals surface area contributed by atoms with Gasteiger partial charge >= 0.3 is 0 Å². The Balaban J connectivity index is 1.88. The van der Waals surface area contributed by atoms with Crippen molar-refractivity contribution in [2.24, 2.45) is 0 Å². The largest absolute Gasteiger partial charge is 0.382 e. The maximum atomic E-state index is 11.2. The van der Waals surface area contributed by atoms with Gasteiger partial charge in [0, 0.05) is 36.2 Å². The first-order chi connectivity index (χ1) is 8.15. The summed E-state index contributed by atoms with van der Waals surface area (Å²) in [6.07, 6.45) is 2.04. The molecule has 3 nitrogen and oxygen atoms in total. The third kappa shape index (κ3) is 3.46. The third-order valence-electron chi connectivity index (χ3n) is 3.14. The van der Waals surface area contributed by atoms with E-state index in [2.05, 4.69) is 33.4 Å². The number of likely N-dealkylation sites (tertiary alicyclic amines) is 1. The maximum Gasteiger partial charge on any atom is 0.219 e. The second-order valence-electron chi connectivity index (χ2n) is 4.44. The lowest BCUT2D eigenvalue weighted by Gasteiger charge is -2.32. The summed E-state index contributed by atoms with van der Waals surface area (Å²) in [6.45, 7) is 3.37. The quantitative estimate of drug-likeness (QED) is 0.910. The fraction of sp³-hybridized carbons (Fsp3) is 0.462. The SMILES string of the molecule is CC(=O)N1CCC(Nc2cccc(Br)c2)CC1. The van der Waals surface area contributed by atoms with Crippen molar-refractivity contribution in [3.8, 4) is 0 Å². The molecule has 1 fully saturated rings. The molecule has 1 aliphatic rings. The van der Waals surface area contributed by atoms with Gasteiger partial charge < -0.3 is 10.2 Å². The molecule has 1 heterocycles. The first-order valence-corrected chi connectivity index (χ1v) is 6.72. The fourth-order valence-corrected chi connectivity index (χ4v) is 2.55. The lowest BCUT2D eigenvalue weighted by atomic mass is 10.0. The number of hydrogen-bond donors (Lipinski definition) is 1. The molecule has 0 unspecified atom stereocenters. The number of nitrogens with zero attached hydrogens (tertiary/aromatic N) is 1. The van der Waals surface area contributed by atoms with Crippen molar-refractivity contribution in [1.29, 1.82) is 0 Å². The molecule has 0 aromatic heterocycles. The predicted octanol–water partition coefficient (Wildman–Crippen LogP) is 2.87. The van der Waals surface area contributed by atoms with E-state index in [1.807, 2.05) is 17.0 Å². The van der Waals surface area contributed by atoms with E-state index < -0.39 is 0 Å². The third-order valence-corrected chi connectivity index (χ3v) is 3.63. The highest BCUT2D eigenvalue weighted by Gasteiger charge is 2.20. The van der Waals surface area contributed by atoms with Crippen LogP contribution in [0.15, 0.2) is 28.7 Å². The molecule has 0 bridgehead atoms. The van der Waals surface area contributed by atoms with Gasteiger partial charge in [-0.2, -0.15) is 0 Å². The minimum absolute atomic E-state index is 0.186. The number of hydrogen-bond acceptors (Lipinski definition) is 2. The number of benzene rings is 1. The summed E-state index contributed by atoms with van der Waals surface area (Å²) < 4.78 is 1.09. The minimum Gasteiger partial charge on any atom is -0.382 e. The van der Waals surface area contributed by atoms with Crippen LogP contribution in [-0.4, -0.2) is 29.9 Å². The average molecular weight is 297 g/mol. The van der Waals surface area contributed by atoms with E-state index in [4.69, 9.17) is 0 Å². The molecule has 1 amide bonds. The van der Waals surface area contributed by atoms with E-state index in [0.717, 1.165) is 36.1 Å². The van der Waals surface area contributed by atoms with Crippen molar-refractivity contribution in [2.75, 3.05) is 18.4 Å². The van der Waals surface area contributed by atoms with E-state index >= 15 is 0 Å². The van der Waals surface area contributed by atoms with Crippen LogP contribution in [-0.2, 0) is 4.79 Å². The van der Waals surface area contributed by atoms with Crippen molar-refractivity contribution in [2.45, 2.75) is 25.8 Å². The standard InChI is InChI=1S/C13H17BrN2O/c1-10(17)16-7-5-12(6-8-16)15-13-4-2-3-11(14)9-13/h2-4,9,12,15H,5-8H2,1H3. The van der Waals surface area contributed by atoms with Crippen LogP contribution in [0.4, 0.5) is 5.69 Å². The number of halogens is 1. The van der Waals surface area contributed by atoms with Crippen LogP contribution in [0.1, 0.15) is 19.8 Å². The topological polar surface area (TPSA) is 32.3 Å². The van der Waals surface area contributed by atoms with Gasteiger partial charge in [-0.15, -0.1) is 0 Å². The lowest BCUT2D eigenvalue weighted by Crippen LogP contribution is -2.41. The Kier molecular flexibility index (Phi) is 4.05. The highest BCUT2D eigenvalue weighted by atomic mass is 79.9. The Morgan fingerprint density at radius 2 is 2.12 bits per heavy atom. The predicted molar refractivity (Wildman–Crippen MR) is 73.0 cm³/mol. The van der Waals surface area contributed by atoms with Crippen LogP contribution in [0.2, 0.25) is 0 Å². The highest BCUT2D eigenvalue weighted by molar-refractivity contribution is 9.10. The Morgan fingerprint density at radius 1 is 1.41 bits per heavy atom. The molecule has 0 radical (unpaired) electrons. The molecule has 1 aromatic carbocycles. The molecule has 0 aliphatic carbocycles. The number of carbonyl (C=O) groups excluding carboxylic acids is 1. The normalized spacial score (nSPS) is 16.9. The number of anilines is 1. The molecule has 1 N–H and O–H groups in total. The molecular formula is C13H17BrN2O. The van der Waals surface area contributed by atoms with Gasteiger partial charge in [-0.3, -0.25) is 4.79 Å². The Hall–Kier alpha value is -1.03. The summed E-state index contributed by atoms with van der Waals surface area (Å²) in [5.41, 5.74) is 1.14. The molecule has 0 saturated carbocycles. The van der Waals surface area contributed by atoms with Gasteiger partial charge in [0.2, 0.25) is 5.91 Å². The van der Waals surface area contributed by atoms with Crippen LogP contribution in [0.5, 0.6) is 0 Å². The number of carbonyl (C=O) groups is 1. The Morgan fingerprint density at radius 3 is 2.71 bits per heavy atom. The van der Waals surface area contributed by atoms with Crippen LogP contribution in [0.25, 0.3) is 0 Å². The van der Waals surface area contributed by atoms with Crippen LogP contribution >= 0.6 is 15.9 Å². The van der Waals surface area contributed by atoms with Crippen LogP contribution in [0, 0.1) is 0 Å². The number of piperidine rings is 1. The summed E-state index contributed by atoms with van der Waals surface area (Å²) in [6, 6.07) is 8.67. The minimum atomic E-state index is 0.186. The maximum absolute atomic E-state index is 11.2. The molecule has 1 saturated heterocycles. The van der Waals surface area contributed by atoms with Gasteiger partial charge in [-0.05, 0) is 31.0 Å².